The lowest BCUT2D eigenvalue weighted by Crippen LogP contribution is -2.29. The van der Waals surface area contributed by atoms with Crippen molar-refractivity contribution in [3.05, 3.63) is 23.8 Å². The van der Waals surface area contributed by atoms with Gasteiger partial charge in [0.1, 0.15) is 11.5 Å². The zero-order valence-corrected chi connectivity index (χ0v) is 10.2. The molecule has 0 aliphatic carbocycles. The molecule has 1 saturated heterocycles. The van der Waals surface area contributed by atoms with E-state index in [1.54, 1.807) is 0 Å². The third-order valence-electron chi connectivity index (χ3n) is 2.74. The van der Waals surface area contributed by atoms with Crippen LogP contribution >= 0.6 is 11.8 Å². The van der Waals surface area contributed by atoms with Crippen LogP contribution in [-0.2, 0) is 0 Å². The smallest absolute Gasteiger partial charge is 0.255 e. The first kappa shape index (κ1) is 12.1. The lowest BCUT2D eigenvalue weighted by molar-refractivity contribution is 0.0951. The highest BCUT2D eigenvalue weighted by Crippen LogP contribution is 2.26. The number of phenolic OH excluding ortho intramolecular Hbond substituents is 2. The zero-order valence-electron chi connectivity index (χ0n) is 9.35. The van der Waals surface area contributed by atoms with Gasteiger partial charge in [-0.2, -0.15) is 11.8 Å². The zero-order chi connectivity index (χ0) is 12.3. The Hall–Kier alpha value is -1.36. The molecule has 2 rings (SSSR count). The van der Waals surface area contributed by atoms with Gasteiger partial charge in [0.05, 0.1) is 5.56 Å². The van der Waals surface area contributed by atoms with Crippen molar-refractivity contribution in [2.75, 3.05) is 12.3 Å². The topological polar surface area (TPSA) is 69.6 Å². The summed E-state index contributed by atoms with van der Waals surface area (Å²) in [7, 11) is 0. The maximum atomic E-state index is 11.8. The molecule has 17 heavy (non-hydrogen) atoms. The van der Waals surface area contributed by atoms with E-state index in [4.69, 9.17) is 5.11 Å². The minimum absolute atomic E-state index is 0.0506. The number of hydrogen-bond donors (Lipinski definition) is 3. The Morgan fingerprint density at radius 3 is 2.94 bits per heavy atom. The molecular weight excluding hydrogens is 238 g/mol. The van der Waals surface area contributed by atoms with Gasteiger partial charge in [0.15, 0.2) is 0 Å². The Balaban J connectivity index is 1.94. The Morgan fingerprint density at radius 1 is 1.47 bits per heavy atom. The van der Waals surface area contributed by atoms with Crippen LogP contribution in [0.4, 0.5) is 0 Å². The van der Waals surface area contributed by atoms with E-state index in [0.29, 0.717) is 11.8 Å². The number of benzene rings is 1. The van der Waals surface area contributed by atoms with Crippen molar-refractivity contribution in [2.24, 2.45) is 0 Å². The van der Waals surface area contributed by atoms with E-state index < -0.39 is 0 Å². The molecule has 1 atom stereocenters. The quantitative estimate of drug-likeness (QED) is 0.767. The fourth-order valence-corrected chi connectivity index (χ4v) is 3.02. The van der Waals surface area contributed by atoms with Crippen LogP contribution in [0.1, 0.15) is 23.2 Å². The standard InChI is InChI=1S/C12H15NO3S/c14-8-3-4-10(11(15)6-8)12(16)13-7-9-2-1-5-17-9/h3-4,6,9,14-15H,1-2,5,7H2,(H,13,16). The van der Waals surface area contributed by atoms with Crippen molar-refractivity contribution < 1.29 is 15.0 Å². The predicted octanol–water partition coefficient (Wildman–Crippen LogP) is 1.72. The number of amides is 1. The second-order valence-electron chi connectivity index (χ2n) is 4.05. The van der Waals surface area contributed by atoms with Crippen molar-refractivity contribution in [3.63, 3.8) is 0 Å². The van der Waals surface area contributed by atoms with Gasteiger partial charge in [-0.1, -0.05) is 0 Å². The molecule has 1 aliphatic rings. The summed E-state index contributed by atoms with van der Waals surface area (Å²) >= 11 is 1.87. The summed E-state index contributed by atoms with van der Waals surface area (Å²) in [6, 6.07) is 3.97. The van der Waals surface area contributed by atoms with Gasteiger partial charge in [0.25, 0.3) is 5.91 Å². The molecule has 0 saturated carbocycles. The maximum Gasteiger partial charge on any atom is 0.255 e. The minimum Gasteiger partial charge on any atom is -0.508 e. The van der Waals surface area contributed by atoms with Gasteiger partial charge in [-0.3, -0.25) is 4.79 Å². The molecule has 5 heteroatoms. The molecule has 1 aromatic rings. The monoisotopic (exact) mass is 253 g/mol. The van der Waals surface area contributed by atoms with Crippen molar-refractivity contribution in [3.8, 4) is 11.5 Å². The SMILES string of the molecule is O=C(NCC1CCCS1)c1ccc(O)cc1O. The highest BCUT2D eigenvalue weighted by Gasteiger charge is 2.17. The number of phenols is 2. The summed E-state index contributed by atoms with van der Waals surface area (Å²) in [6.07, 6.45) is 2.34. The fraction of sp³-hybridized carbons (Fsp3) is 0.417. The van der Waals surface area contributed by atoms with Crippen LogP contribution in [0.2, 0.25) is 0 Å². The summed E-state index contributed by atoms with van der Waals surface area (Å²) in [5.74, 6) is 0.618. The summed E-state index contributed by atoms with van der Waals surface area (Å²) in [5, 5.41) is 21.9. The van der Waals surface area contributed by atoms with E-state index in [2.05, 4.69) is 5.32 Å². The van der Waals surface area contributed by atoms with E-state index in [0.717, 1.165) is 12.2 Å². The van der Waals surface area contributed by atoms with Crippen LogP contribution < -0.4 is 5.32 Å². The van der Waals surface area contributed by atoms with E-state index in [-0.39, 0.29) is 23.0 Å². The minimum atomic E-state index is -0.296. The van der Waals surface area contributed by atoms with Crippen molar-refractivity contribution in [1.82, 2.24) is 5.32 Å². The predicted molar refractivity (Wildman–Crippen MR) is 67.6 cm³/mol. The largest absolute Gasteiger partial charge is 0.508 e. The van der Waals surface area contributed by atoms with Crippen molar-refractivity contribution in [1.29, 1.82) is 0 Å². The second kappa shape index (κ2) is 5.31. The fourth-order valence-electron chi connectivity index (χ4n) is 1.82. The van der Waals surface area contributed by atoms with Crippen LogP contribution in [0, 0.1) is 0 Å². The second-order valence-corrected chi connectivity index (χ2v) is 5.45. The van der Waals surface area contributed by atoms with Gasteiger partial charge in [-0.25, -0.2) is 0 Å². The third-order valence-corrected chi connectivity index (χ3v) is 4.14. The van der Waals surface area contributed by atoms with Gasteiger partial charge in [0, 0.05) is 17.9 Å². The highest BCUT2D eigenvalue weighted by atomic mass is 32.2. The number of carbonyl (C=O) groups is 1. The molecule has 4 nitrogen and oxygen atoms in total. The summed E-state index contributed by atoms with van der Waals surface area (Å²) in [4.78, 5) is 11.8. The van der Waals surface area contributed by atoms with Gasteiger partial charge in [-0.05, 0) is 30.7 Å². The van der Waals surface area contributed by atoms with Gasteiger partial charge < -0.3 is 15.5 Å². The number of carbonyl (C=O) groups excluding carboxylic acids is 1. The van der Waals surface area contributed by atoms with Crippen LogP contribution in [0.15, 0.2) is 18.2 Å². The van der Waals surface area contributed by atoms with Gasteiger partial charge >= 0.3 is 0 Å². The average Bonchev–Trinajstić information content (AvgIpc) is 2.78. The maximum absolute atomic E-state index is 11.8. The molecule has 3 N–H and O–H groups in total. The van der Waals surface area contributed by atoms with Crippen LogP contribution in [0.25, 0.3) is 0 Å². The first-order valence-corrected chi connectivity index (χ1v) is 6.63. The summed E-state index contributed by atoms with van der Waals surface area (Å²) in [6.45, 7) is 0.629. The average molecular weight is 253 g/mol. The Bertz CT molecular complexity index is 416. The van der Waals surface area contributed by atoms with E-state index in [1.165, 1.54) is 24.6 Å². The Labute approximate surface area is 104 Å². The number of thioether (sulfide) groups is 1. The van der Waals surface area contributed by atoms with E-state index >= 15 is 0 Å². The molecule has 92 valence electrons. The molecule has 1 aromatic carbocycles. The summed E-state index contributed by atoms with van der Waals surface area (Å²) in [5.41, 5.74) is 0.200. The molecule has 1 unspecified atom stereocenters. The van der Waals surface area contributed by atoms with Crippen LogP contribution in [0.3, 0.4) is 0 Å². The van der Waals surface area contributed by atoms with Crippen molar-refractivity contribution >= 4 is 17.7 Å². The number of hydrogen-bond acceptors (Lipinski definition) is 4. The molecule has 1 fully saturated rings. The first-order valence-electron chi connectivity index (χ1n) is 5.58. The van der Waals surface area contributed by atoms with E-state index in [9.17, 15) is 9.90 Å². The molecule has 0 bridgehead atoms. The highest BCUT2D eigenvalue weighted by molar-refractivity contribution is 8.00. The number of rotatable bonds is 3. The molecule has 1 amide bonds. The lowest BCUT2D eigenvalue weighted by Gasteiger charge is -2.10. The normalized spacial score (nSPS) is 19.2. The van der Waals surface area contributed by atoms with Crippen molar-refractivity contribution in [2.45, 2.75) is 18.1 Å². The molecule has 1 aliphatic heterocycles. The first-order chi connectivity index (χ1) is 8.16. The number of aromatic hydroxyl groups is 2. The third kappa shape index (κ3) is 3.06. The van der Waals surface area contributed by atoms with Crippen LogP contribution in [-0.4, -0.2) is 33.7 Å². The molecule has 0 spiro atoms. The molecule has 1 heterocycles. The molecular formula is C12H15NO3S. The van der Waals surface area contributed by atoms with Gasteiger partial charge in [-0.15, -0.1) is 0 Å². The van der Waals surface area contributed by atoms with Crippen LogP contribution in [0.5, 0.6) is 11.5 Å². The lowest BCUT2D eigenvalue weighted by atomic mass is 10.1. The summed E-state index contributed by atoms with van der Waals surface area (Å²) < 4.78 is 0. The number of nitrogens with one attached hydrogen (secondary N) is 1. The Kier molecular flexibility index (Phi) is 3.78. The van der Waals surface area contributed by atoms with E-state index in [1.807, 2.05) is 11.8 Å². The molecule has 0 aromatic heterocycles. The van der Waals surface area contributed by atoms with Gasteiger partial charge in [0.2, 0.25) is 0 Å². The Morgan fingerprint density at radius 2 is 2.29 bits per heavy atom. The molecule has 0 radical (unpaired) electrons.